The fourth-order valence-electron chi connectivity index (χ4n) is 1.88. The van der Waals surface area contributed by atoms with Crippen LogP contribution in [-0.4, -0.2) is 55.9 Å². The first-order chi connectivity index (χ1) is 8.95. The van der Waals surface area contributed by atoms with Crippen LogP contribution >= 0.6 is 10.7 Å². The van der Waals surface area contributed by atoms with Gasteiger partial charge in [0.15, 0.2) is 0 Å². The van der Waals surface area contributed by atoms with Crippen LogP contribution in [0.1, 0.15) is 27.2 Å². The number of hydrogen-bond acceptors (Lipinski definition) is 6. The Morgan fingerprint density at radius 3 is 2.25 bits per heavy atom. The van der Waals surface area contributed by atoms with Gasteiger partial charge in [-0.1, -0.05) is 0 Å². The predicted molar refractivity (Wildman–Crippen MR) is 71.9 cm³/mol. The fraction of sp³-hybridized carbons (Fsp3) is 0.818. The van der Waals surface area contributed by atoms with E-state index in [1.165, 1.54) is 0 Å². The summed E-state index contributed by atoms with van der Waals surface area (Å²) in [5, 5.41) is -1.01. The highest BCUT2D eigenvalue weighted by Gasteiger charge is 2.46. The lowest BCUT2D eigenvalue weighted by molar-refractivity contribution is -0.145. The molecule has 0 aliphatic carbocycles. The van der Waals surface area contributed by atoms with Crippen LogP contribution in [0.2, 0.25) is 0 Å². The zero-order valence-corrected chi connectivity index (χ0v) is 13.3. The van der Waals surface area contributed by atoms with Crippen LogP contribution in [0.5, 0.6) is 0 Å². The molecule has 0 radical (unpaired) electrons. The summed E-state index contributed by atoms with van der Waals surface area (Å²) in [6.45, 7) is 4.82. The molecular weight excluding hydrogens is 310 g/mol. The van der Waals surface area contributed by atoms with Crippen molar-refractivity contribution in [2.24, 2.45) is 0 Å². The van der Waals surface area contributed by atoms with Crippen molar-refractivity contribution < 1.29 is 27.5 Å². The van der Waals surface area contributed by atoms with Crippen molar-refractivity contribution >= 4 is 31.8 Å². The molecule has 1 aliphatic heterocycles. The maximum atomic E-state index is 12.0. The molecule has 2 atom stereocenters. The van der Waals surface area contributed by atoms with Gasteiger partial charge in [-0.3, -0.25) is 4.90 Å². The second-order valence-electron chi connectivity index (χ2n) is 5.50. The second-order valence-corrected chi connectivity index (χ2v) is 8.41. The second kappa shape index (κ2) is 5.77. The highest BCUT2D eigenvalue weighted by atomic mass is 35.7. The Morgan fingerprint density at radius 1 is 1.30 bits per heavy atom. The van der Waals surface area contributed by atoms with Gasteiger partial charge in [0.2, 0.25) is 9.05 Å². The number of rotatable bonds is 2. The van der Waals surface area contributed by atoms with Crippen LogP contribution in [0.25, 0.3) is 0 Å². The van der Waals surface area contributed by atoms with Crippen molar-refractivity contribution in [3.63, 3.8) is 0 Å². The third kappa shape index (κ3) is 4.24. The van der Waals surface area contributed by atoms with E-state index in [9.17, 15) is 18.0 Å². The van der Waals surface area contributed by atoms with Gasteiger partial charge in [-0.25, -0.2) is 18.0 Å². The number of esters is 1. The van der Waals surface area contributed by atoms with Gasteiger partial charge >= 0.3 is 12.1 Å². The van der Waals surface area contributed by atoms with Crippen molar-refractivity contribution in [1.82, 2.24) is 4.90 Å². The number of ether oxygens (including phenoxy) is 2. The van der Waals surface area contributed by atoms with Crippen LogP contribution < -0.4 is 0 Å². The molecule has 7 nitrogen and oxygen atoms in total. The van der Waals surface area contributed by atoms with E-state index in [1.807, 2.05) is 0 Å². The molecule has 0 aromatic carbocycles. The maximum absolute atomic E-state index is 12.0. The third-order valence-electron chi connectivity index (χ3n) is 2.76. The monoisotopic (exact) mass is 327 g/mol. The molecule has 0 bridgehead atoms. The Balaban J connectivity index is 2.96. The summed E-state index contributed by atoms with van der Waals surface area (Å²) in [7, 11) is 2.59. The normalized spacial score (nSPS) is 23.6. The summed E-state index contributed by atoms with van der Waals surface area (Å²) >= 11 is 0. The van der Waals surface area contributed by atoms with E-state index in [-0.39, 0.29) is 13.0 Å². The average molecular weight is 328 g/mol. The van der Waals surface area contributed by atoms with Crippen molar-refractivity contribution in [2.45, 2.75) is 44.1 Å². The minimum atomic E-state index is -3.87. The van der Waals surface area contributed by atoms with Gasteiger partial charge in [0, 0.05) is 17.2 Å². The number of halogens is 1. The lowest BCUT2D eigenvalue weighted by Gasteiger charge is -2.27. The summed E-state index contributed by atoms with van der Waals surface area (Å²) in [5.41, 5.74) is -0.754. The first-order valence-corrected chi connectivity index (χ1v) is 8.34. The molecule has 0 aromatic heterocycles. The first kappa shape index (κ1) is 17.0. The van der Waals surface area contributed by atoms with Gasteiger partial charge in [-0.15, -0.1) is 0 Å². The molecule has 1 amide bonds. The van der Waals surface area contributed by atoms with Crippen LogP contribution in [0.15, 0.2) is 0 Å². The van der Waals surface area contributed by atoms with E-state index in [4.69, 9.17) is 15.4 Å². The highest BCUT2D eigenvalue weighted by molar-refractivity contribution is 8.14. The van der Waals surface area contributed by atoms with E-state index >= 15 is 0 Å². The Labute approximate surface area is 122 Å². The Bertz CT molecular complexity index is 498. The topological polar surface area (TPSA) is 90.0 Å². The zero-order chi connectivity index (χ0) is 15.7. The molecule has 0 saturated carbocycles. The standard InChI is InChI=1S/C11H18ClNO6S/c1-11(2,3)19-10(15)13-6-7(20(12,16)17)5-8(13)9(14)18-4/h7-8H,5-6H2,1-4H3/t7-,8+/m1/s1. The molecule has 20 heavy (non-hydrogen) atoms. The summed E-state index contributed by atoms with van der Waals surface area (Å²) in [4.78, 5) is 24.7. The molecular formula is C11H18ClNO6S. The van der Waals surface area contributed by atoms with E-state index in [2.05, 4.69) is 4.74 Å². The fourth-order valence-corrected chi connectivity index (χ4v) is 3.02. The average Bonchev–Trinajstić information content (AvgIpc) is 2.69. The van der Waals surface area contributed by atoms with Crippen LogP contribution in [-0.2, 0) is 23.3 Å². The number of hydrogen-bond donors (Lipinski definition) is 0. The number of nitrogens with zero attached hydrogens (tertiary/aromatic N) is 1. The van der Waals surface area contributed by atoms with Crippen molar-refractivity contribution in [3.8, 4) is 0 Å². The minimum absolute atomic E-state index is 0.0995. The molecule has 1 heterocycles. The molecule has 1 saturated heterocycles. The van der Waals surface area contributed by atoms with E-state index in [0.717, 1.165) is 12.0 Å². The van der Waals surface area contributed by atoms with Gasteiger partial charge in [-0.05, 0) is 27.2 Å². The molecule has 1 rings (SSSR count). The Morgan fingerprint density at radius 2 is 1.85 bits per heavy atom. The molecule has 0 N–H and O–H groups in total. The van der Waals surface area contributed by atoms with Gasteiger partial charge in [0.05, 0.1) is 12.4 Å². The lowest BCUT2D eigenvalue weighted by Crippen LogP contribution is -2.44. The van der Waals surface area contributed by atoms with Crippen LogP contribution in [0.4, 0.5) is 4.79 Å². The van der Waals surface area contributed by atoms with Gasteiger partial charge < -0.3 is 9.47 Å². The first-order valence-electron chi connectivity index (χ1n) is 5.96. The largest absolute Gasteiger partial charge is 0.467 e. The van der Waals surface area contributed by atoms with Gasteiger partial charge in [0.25, 0.3) is 0 Å². The zero-order valence-electron chi connectivity index (χ0n) is 11.8. The molecule has 1 aliphatic rings. The van der Waals surface area contributed by atoms with Crippen molar-refractivity contribution in [1.29, 1.82) is 0 Å². The summed E-state index contributed by atoms with van der Waals surface area (Å²) in [6.07, 6.45) is -0.867. The number of carbonyl (C=O) groups is 2. The number of carbonyl (C=O) groups excluding carboxylic acids is 2. The lowest BCUT2D eigenvalue weighted by atomic mass is 10.2. The Hall–Kier alpha value is -1.02. The summed E-state index contributed by atoms with van der Waals surface area (Å²) in [5.74, 6) is -0.696. The van der Waals surface area contributed by atoms with Crippen LogP contribution in [0, 0.1) is 0 Å². The molecule has 0 spiro atoms. The molecule has 1 fully saturated rings. The summed E-state index contributed by atoms with van der Waals surface area (Å²) < 4.78 is 32.5. The Kier molecular flexibility index (Phi) is 4.91. The third-order valence-corrected chi connectivity index (χ3v) is 4.66. The van der Waals surface area contributed by atoms with Crippen molar-refractivity contribution in [3.05, 3.63) is 0 Å². The van der Waals surface area contributed by atoms with E-state index in [0.29, 0.717) is 0 Å². The molecule has 0 aromatic rings. The van der Waals surface area contributed by atoms with Crippen molar-refractivity contribution in [2.75, 3.05) is 13.7 Å². The predicted octanol–water partition coefficient (Wildman–Crippen LogP) is 1.11. The number of methoxy groups -OCH3 is 1. The quantitative estimate of drug-likeness (QED) is 0.557. The van der Waals surface area contributed by atoms with E-state index < -0.39 is 38.0 Å². The number of amides is 1. The SMILES string of the molecule is COC(=O)[C@@H]1C[C@@H](S(=O)(=O)Cl)CN1C(=O)OC(C)(C)C. The number of likely N-dealkylation sites (tertiary alicyclic amines) is 1. The molecule has 0 unspecified atom stereocenters. The summed E-state index contributed by atoms with van der Waals surface area (Å²) in [6, 6.07) is -1.01. The van der Waals surface area contributed by atoms with Gasteiger partial charge in [0.1, 0.15) is 11.6 Å². The molecule has 9 heteroatoms. The van der Waals surface area contributed by atoms with Crippen LogP contribution in [0.3, 0.4) is 0 Å². The molecule has 116 valence electrons. The maximum Gasteiger partial charge on any atom is 0.411 e. The minimum Gasteiger partial charge on any atom is -0.467 e. The van der Waals surface area contributed by atoms with E-state index in [1.54, 1.807) is 20.8 Å². The highest BCUT2D eigenvalue weighted by Crippen LogP contribution is 2.28. The smallest absolute Gasteiger partial charge is 0.411 e. The van der Waals surface area contributed by atoms with Gasteiger partial charge in [-0.2, -0.15) is 0 Å².